The Morgan fingerprint density at radius 2 is 2.43 bits per heavy atom. The Morgan fingerprint density at radius 3 is 3.24 bits per heavy atom. The van der Waals surface area contributed by atoms with Crippen LogP contribution in [0.25, 0.3) is 0 Å². The molecular weight excluding hydrogens is 282 g/mol. The maximum atomic E-state index is 12.4. The van der Waals surface area contributed by atoms with Crippen LogP contribution in [0.4, 0.5) is 0 Å². The van der Waals surface area contributed by atoms with Gasteiger partial charge >= 0.3 is 0 Å². The fourth-order valence-corrected chi connectivity index (χ4v) is 4.08. The zero-order chi connectivity index (χ0) is 14.4. The summed E-state index contributed by atoms with van der Waals surface area (Å²) in [6, 6.07) is 2.52. The lowest BCUT2D eigenvalue weighted by molar-refractivity contribution is -0.125. The zero-order valence-corrected chi connectivity index (χ0v) is 12.9. The van der Waals surface area contributed by atoms with Crippen LogP contribution in [-0.4, -0.2) is 21.5 Å². The Labute approximate surface area is 128 Å². The van der Waals surface area contributed by atoms with Crippen LogP contribution in [-0.2, 0) is 17.8 Å². The fourth-order valence-electron chi connectivity index (χ4n) is 3.36. The number of hydrogen-bond donors (Lipinski definition) is 1. The van der Waals surface area contributed by atoms with E-state index in [1.165, 1.54) is 11.3 Å². The van der Waals surface area contributed by atoms with Crippen molar-refractivity contribution in [3.05, 3.63) is 40.1 Å². The van der Waals surface area contributed by atoms with Crippen LogP contribution in [0.2, 0.25) is 0 Å². The first kappa shape index (κ1) is 13.1. The minimum atomic E-state index is 0.109. The molecule has 1 aliphatic heterocycles. The standard InChI is InChI=1S/C16H19N3OS/c1-10-17-8-13-6-11(2-4-19(10)13)16(20)18-15-7-14(15)12-3-5-21-9-12/h3,5,8-9,11,14-15H,2,4,6-7H2,1H3,(H,18,20)/t11?,14-,15+/m0/s1. The van der Waals surface area contributed by atoms with Crippen LogP contribution in [0.15, 0.2) is 23.0 Å². The number of fused-ring (bicyclic) bond motifs is 1. The van der Waals surface area contributed by atoms with Gasteiger partial charge in [0.15, 0.2) is 0 Å². The molecular formula is C16H19N3OS. The Morgan fingerprint density at radius 1 is 1.52 bits per heavy atom. The summed E-state index contributed by atoms with van der Waals surface area (Å²) in [5.74, 6) is 1.93. The Hall–Kier alpha value is -1.62. The number of thiophene rings is 1. The third-order valence-electron chi connectivity index (χ3n) is 4.75. The number of nitrogens with zero attached hydrogens (tertiary/aromatic N) is 2. The topological polar surface area (TPSA) is 46.9 Å². The van der Waals surface area contributed by atoms with Crippen LogP contribution >= 0.6 is 11.3 Å². The summed E-state index contributed by atoms with van der Waals surface area (Å²) >= 11 is 1.73. The Bertz CT molecular complexity index is 661. The first-order chi connectivity index (χ1) is 10.2. The van der Waals surface area contributed by atoms with E-state index in [0.717, 1.165) is 31.6 Å². The first-order valence-corrected chi connectivity index (χ1v) is 8.50. The lowest BCUT2D eigenvalue weighted by Crippen LogP contribution is -2.37. The maximum Gasteiger partial charge on any atom is 0.223 e. The molecule has 2 aliphatic rings. The van der Waals surface area contributed by atoms with Crippen LogP contribution < -0.4 is 5.32 Å². The highest BCUT2D eigenvalue weighted by Crippen LogP contribution is 2.41. The maximum absolute atomic E-state index is 12.4. The van der Waals surface area contributed by atoms with Crippen molar-refractivity contribution in [2.45, 2.75) is 44.7 Å². The molecule has 3 atom stereocenters. The van der Waals surface area contributed by atoms with Crippen molar-refractivity contribution < 1.29 is 4.79 Å². The van der Waals surface area contributed by atoms with E-state index in [-0.39, 0.29) is 11.8 Å². The number of nitrogens with one attached hydrogen (secondary N) is 1. The van der Waals surface area contributed by atoms with Crippen molar-refractivity contribution in [1.29, 1.82) is 0 Å². The molecule has 110 valence electrons. The van der Waals surface area contributed by atoms with Gasteiger partial charge in [-0.05, 0) is 42.2 Å². The number of hydrogen-bond acceptors (Lipinski definition) is 3. The molecule has 2 aromatic rings. The van der Waals surface area contributed by atoms with Crippen LogP contribution in [0.1, 0.15) is 35.8 Å². The van der Waals surface area contributed by atoms with E-state index in [2.05, 4.69) is 31.7 Å². The third kappa shape index (κ3) is 2.39. The first-order valence-electron chi connectivity index (χ1n) is 7.56. The predicted octanol–water partition coefficient (Wildman–Crippen LogP) is 2.49. The molecule has 1 N–H and O–H groups in total. The number of aryl methyl sites for hydroxylation is 1. The second-order valence-corrected chi connectivity index (χ2v) is 6.93. The summed E-state index contributed by atoms with van der Waals surface area (Å²) in [7, 11) is 0. The van der Waals surface area contributed by atoms with E-state index in [1.54, 1.807) is 11.3 Å². The minimum absolute atomic E-state index is 0.109. The van der Waals surface area contributed by atoms with E-state index in [9.17, 15) is 4.79 Å². The number of rotatable bonds is 3. The molecule has 1 unspecified atom stereocenters. The summed E-state index contributed by atoms with van der Waals surface area (Å²) < 4.78 is 2.23. The Balaban J connectivity index is 1.37. The quantitative estimate of drug-likeness (QED) is 0.947. The average Bonchev–Trinajstić information content (AvgIpc) is 2.91. The SMILES string of the molecule is Cc1ncc2n1CCC(C(=O)N[C@@H]1C[C@H]1c1ccsc1)C2. The second-order valence-electron chi connectivity index (χ2n) is 6.15. The van der Waals surface area contributed by atoms with Crippen LogP contribution in [0, 0.1) is 12.8 Å². The highest BCUT2D eigenvalue weighted by atomic mass is 32.1. The highest BCUT2D eigenvalue weighted by molar-refractivity contribution is 7.08. The monoisotopic (exact) mass is 301 g/mol. The van der Waals surface area contributed by atoms with Gasteiger partial charge in [0.1, 0.15) is 5.82 Å². The Kier molecular flexibility index (Phi) is 3.10. The van der Waals surface area contributed by atoms with Gasteiger partial charge in [-0.2, -0.15) is 11.3 Å². The molecule has 1 aliphatic carbocycles. The summed E-state index contributed by atoms with van der Waals surface area (Å²) in [5, 5.41) is 7.54. The molecule has 5 heteroatoms. The van der Waals surface area contributed by atoms with Gasteiger partial charge in [-0.15, -0.1) is 0 Å². The van der Waals surface area contributed by atoms with Crippen molar-refractivity contribution in [3.63, 3.8) is 0 Å². The number of amides is 1. The van der Waals surface area contributed by atoms with Crippen LogP contribution in [0.3, 0.4) is 0 Å². The van der Waals surface area contributed by atoms with Crippen molar-refractivity contribution in [2.24, 2.45) is 5.92 Å². The molecule has 4 nitrogen and oxygen atoms in total. The van der Waals surface area contributed by atoms with E-state index in [0.29, 0.717) is 12.0 Å². The summed E-state index contributed by atoms with van der Waals surface area (Å²) in [6.07, 6.45) is 4.75. The molecule has 4 rings (SSSR count). The highest BCUT2D eigenvalue weighted by Gasteiger charge is 2.41. The van der Waals surface area contributed by atoms with Gasteiger partial charge in [-0.3, -0.25) is 4.79 Å². The van der Waals surface area contributed by atoms with E-state index in [4.69, 9.17) is 0 Å². The number of imidazole rings is 1. The van der Waals surface area contributed by atoms with E-state index >= 15 is 0 Å². The predicted molar refractivity (Wildman–Crippen MR) is 82.4 cm³/mol. The lowest BCUT2D eigenvalue weighted by Gasteiger charge is -2.24. The second kappa shape index (κ2) is 4.98. The summed E-state index contributed by atoms with van der Waals surface area (Å²) in [5.41, 5.74) is 2.58. The van der Waals surface area contributed by atoms with E-state index < -0.39 is 0 Å². The van der Waals surface area contributed by atoms with Crippen molar-refractivity contribution in [1.82, 2.24) is 14.9 Å². The average molecular weight is 301 g/mol. The summed E-state index contributed by atoms with van der Waals surface area (Å²) in [4.78, 5) is 16.8. The van der Waals surface area contributed by atoms with Gasteiger partial charge in [-0.1, -0.05) is 0 Å². The van der Waals surface area contributed by atoms with Gasteiger partial charge in [0.2, 0.25) is 5.91 Å². The molecule has 0 aromatic carbocycles. The van der Waals surface area contributed by atoms with Crippen molar-refractivity contribution in [3.8, 4) is 0 Å². The van der Waals surface area contributed by atoms with Gasteiger partial charge in [-0.25, -0.2) is 4.98 Å². The molecule has 0 radical (unpaired) electrons. The molecule has 1 fully saturated rings. The summed E-state index contributed by atoms with van der Waals surface area (Å²) in [6.45, 7) is 2.94. The number of carbonyl (C=O) groups is 1. The largest absolute Gasteiger partial charge is 0.352 e. The van der Waals surface area contributed by atoms with Gasteiger partial charge in [0, 0.05) is 42.7 Å². The zero-order valence-electron chi connectivity index (χ0n) is 12.1. The molecule has 3 heterocycles. The molecule has 1 saturated carbocycles. The fraction of sp³-hybridized carbons (Fsp3) is 0.500. The van der Waals surface area contributed by atoms with Crippen molar-refractivity contribution >= 4 is 17.2 Å². The van der Waals surface area contributed by atoms with Gasteiger partial charge in [0.25, 0.3) is 0 Å². The molecule has 0 bridgehead atoms. The smallest absolute Gasteiger partial charge is 0.223 e. The molecule has 0 saturated heterocycles. The lowest BCUT2D eigenvalue weighted by atomic mass is 9.95. The number of aromatic nitrogens is 2. The van der Waals surface area contributed by atoms with Gasteiger partial charge in [0.05, 0.1) is 0 Å². The molecule has 21 heavy (non-hydrogen) atoms. The van der Waals surface area contributed by atoms with Crippen molar-refractivity contribution in [2.75, 3.05) is 0 Å². The third-order valence-corrected chi connectivity index (χ3v) is 5.46. The van der Waals surface area contributed by atoms with E-state index in [1.807, 2.05) is 13.1 Å². The number of carbonyl (C=O) groups excluding carboxylic acids is 1. The minimum Gasteiger partial charge on any atom is -0.352 e. The molecule has 1 amide bonds. The molecule has 2 aromatic heterocycles. The molecule has 0 spiro atoms. The van der Waals surface area contributed by atoms with Gasteiger partial charge < -0.3 is 9.88 Å². The van der Waals surface area contributed by atoms with Crippen LogP contribution in [0.5, 0.6) is 0 Å². The normalized spacial score (nSPS) is 27.2.